The van der Waals surface area contributed by atoms with Gasteiger partial charge in [0.1, 0.15) is 11.6 Å². The topological polar surface area (TPSA) is 32.3 Å². The molecule has 1 fully saturated rings. The van der Waals surface area contributed by atoms with Gasteiger partial charge in [0, 0.05) is 25.2 Å². The Morgan fingerprint density at radius 2 is 1.61 bits per heavy atom. The minimum atomic E-state index is -0.479. The van der Waals surface area contributed by atoms with Crippen molar-refractivity contribution in [1.29, 1.82) is 0 Å². The fourth-order valence-electron chi connectivity index (χ4n) is 2.82. The normalized spacial score (nSPS) is 18.3. The van der Waals surface area contributed by atoms with Gasteiger partial charge in [-0.2, -0.15) is 0 Å². The Bertz CT molecular complexity index is 647. The van der Waals surface area contributed by atoms with Crippen LogP contribution in [0.1, 0.15) is 11.1 Å². The largest absolute Gasteiger partial charge is 0.336 e. The second-order valence-electron chi connectivity index (χ2n) is 5.65. The molecule has 120 valence electrons. The van der Waals surface area contributed by atoms with E-state index in [0.29, 0.717) is 30.6 Å². The third-order valence-corrected chi connectivity index (χ3v) is 4.08. The fraction of sp³-hybridized carbons (Fsp3) is 0.278. The Morgan fingerprint density at radius 1 is 1.00 bits per heavy atom. The molecule has 0 aromatic heterocycles. The summed E-state index contributed by atoms with van der Waals surface area (Å²) < 4.78 is 27.5. The number of nitrogens with one attached hydrogen (secondary N) is 1. The van der Waals surface area contributed by atoms with Crippen molar-refractivity contribution in [1.82, 2.24) is 10.2 Å². The maximum Gasteiger partial charge on any atom is 0.240 e. The quantitative estimate of drug-likeness (QED) is 0.940. The number of nitrogens with zero attached hydrogens (tertiary/aromatic N) is 1. The minimum absolute atomic E-state index is 0.122. The van der Waals surface area contributed by atoms with Gasteiger partial charge in [-0.25, -0.2) is 8.78 Å². The van der Waals surface area contributed by atoms with Crippen molar-refractivity contribution in [3.05, 3.63) is 71.3 Å². The molecule has 0 saturated carbocycles. The van der Waals surface area contributed by atoms with E-state index in [1.54, 1.807) is 41.3 Å². The first-order chi connectivity index (χ1) is 11.1. The molecular formula is C18H18F2N2O. The Morgan fingerprint density at radius 3 is 2.26 bits per heavy atom. The standard InChI is InChI=1S/C18H18F2N2O/c19-15-7-3-1-5-13(15)11-17-18(23)22(10-9-21-17)12-14-6-2-4-8-16(14)20/h1-8,17,21H,9-12H2/t17-/m0/s1. The highest BCUT2D eigenvalue weighted by Gasteiger charge is 2.29. The van der Waals surface area contributed by atoms with Crippen LogP contribution in [0.2, 0.25) is 0 Å². The zero-order valence-corrected chi connectivity index (χ0v) is 12.6. The molecule has 0 aliphatic carbocycles. The molecule has 1 saturated heterocycles. The molecule has 1 atom stereocenters. The summed E-state index contributed by atoms with van der Waals surface area (Å²) in [5.74, 6) is -0.749. The molecule has 1 aliphatic rings. The second-order valence-corrected chi connectivity index (χ2v) is 5.65. The summed E-state index contributed by atoms with van der Waals surface area (Å²) in [5.41, 5.74) is 0.999. The van der Waals surface area contributed by atoms with E-state index in [1.807, 2.05) is 0 Å². The van der Waals surface area contributed by atoms with Crippen molar-refractivity contribution < 1.29 is 13.6 Å². The van der Waals surface area contributed by atoms with Crippen LogP contribution in [-0.2, 0) is 17.8 Å². The highest BCUT2D eigenvalue weighted by molar-refractivity contribution is 5.83. The van der Waals surface area contributed by atoms with E-state index in [-0.39, 0.29) is 24.1 Å². The number of carbonyl (C=O) groups excluding carboxylic acids is 1. The number of carbonyl (C=O) groups is 1. The Hall–Kier alpha value is -2.27. The van der Waals surface area contributed by atoms with Gasteiger partial charge in [0.15, 0.2) is 0 Å². The Kier molecular flexibility index (Phi) is 4.67. The first-order valence-corrected chi connectivity index (χ1v) is 7.64. The summed E-state index contributed by atoms with van der Waals surface area (Å²) in [4.78, 5) is 14.2. The molecule has 1 N–H and O–H groups in total. The van der Waals surface area contributed by atoms with Gasteiger partial charge in [-0.3, -0.25) is 4.79 Å². The summed E-state index contributed by atoms with van der Waals surface area (Å²) in [6, 6.07) is 12.4. The molecular weight excluding hydrogens is 298 g/mol. The monoisotopic (exact) mass is 316 g/mol. The highest BCUT2D eigenvalue weighted by Crippen LogP contribution is 2.16. The summed E-state index contributed by atoms with van der Waals surface area (Å²) >= 11 is 0. The van der Waals surface area contributed by atoms with Gasteiger partial charge in [0.2, 0.25) is 5.91 Å². The molecule has 0 unspecified atom stereocenters. The van der Waals surface area contributed by atoms with Gasteiger partial charge >= 0.3 is 0 Å². The lowest BCUT2D eigenvalue weighted by atomic mass is 10.0. The second kappa shape index (κ2) is 6.87. The van der Waals surface area contributed by atoms with E-state index < -0.39 is 6.04 Å². The molecule has 5 heteroatoms. The number of hydrogen-bond donors (Lipinski definition) is 1. The van der Waals surface area contributed by atoms with Gasteiger partial charge in [-0.15, -0.1) is 0 Å². The number of hydrogen-bond acceptors (Lipinski definition) is 2. The smallest absolute Gasteiger partial charge is 0.240 e. The van der Waals surface area contributed by atoms with Crippen LogP contribution in [0, 0.1) is 11.6 Å². The molecule has 2 aromatic carbocycles. The van der Waals surface area contributed by atoms with Crippen LogP contribution in [0.4, 0.5) is 8.78 Å². The number of amides is 1. The van der Waals surface area contributed by atoms with Crippen molar-refractivity contribution in [2.24, 2.45) is 0 Å². The van der Waals surface area contributed by atoms with Crippen LogP contribution in [0.25, 0.3) is 0 Å². The van der Waals surface area contributed by atoms with Crippen molar-refractivity contribution in [2.75, 3.05) is 13.1 Å². The van der Waals surface area contributed by atoms with E-state index >= 15 is 0 Å². The number of benzene rings is 2. The lowest BCUT2D eigenvalue weighted by molar-refractivity contribution is -0.136. The summed E-state index contributed by atoms with van der Waals surface area (Å²) in [7, 11) is 0. The lowest BCUT2D eigenvalue weighted by Gasteiger charge is -2.33. The van der Waals surface area contributed by atoms with Crippen molar-refractivity contribution in [3.63, 3.8) is 0 Å². The average Bonchev–Trinajstić information content (AvgIpc) is 2.55. The van der Waals surface area contributed by atoms with E-state index in [9.17, 15) is 13.6 Å². The maximum absolute atomic E-state index is 13.8. The van der Waals surface area contributed by atoms with E-state index in [0.717, 1.165) is 0 Å². The lowest BCUT2D eigenvalue weighted by Crippen LogP contribution is -2.55. The van der Waals surface area contributed by atoms with E-state index in [4.69, 9.17) is 0 Å². The molecule has 1 amide bonds. The molecule has 23 heavy (non-hydrogen) atoms. The van der Waals surface area contributed by atoms with Gasteiger partial charge in [-0.05, 0) is 24.1 Å². The SMILES string of the molecule is O=C1[C@H](Cc2ccccc2F)NCCN1Cc1ccccc1F. The van der Waals surface area contributed by atoms with Crippen molar-refractivity contribution >= 4 is 5.91 Å². The van der Waals surface area contributed by atoms with Crippen LogP contribution >= 0.6 is 0 Å². The molecule has 3 nitrogen and oxygen atoms in total. The average molecular weight is 316 g/mol. The number of halogens is 2. The first-order valence-electron chi connectivity index (χ1n) is 7.64. The molecule has 2 aromatic rings. The predicted molar refractivity (Wildman–Crippen MR) is 83.7 cm³/mol. The minimum Gasteiger partial charge on any atom is -0.336 e. The van der Waals surface area contributed by atoms with Crippen LogP contribution in [0.3, 0.4) is 0 Å². The zero-order valence-electron chi connectivity index (χ0n) is 12.6. The molecule has 3 rings (SSSR count). The number of piperazine rings is 1. The Balaban J connectivity index is 1.71. The van der Waals surface area contributed by atoms with E-state index in [1.165, 1.54) is 12.1 Å². The Labute approximate surface area is 133 Å². The van der Waals surface area contributed by atoms with Gasteiger partial charge in [-0.1, -0.05) is 36.4 Å². The van der Waals surface area contributed by atoms with Crippen LogP contribution < -0.4 is 5.32 Å². The first kappa shape index (κ1) is 15.6. The summed E-state index contributed by atoms with van der Waals surface area (Å²) in [6.45, 7) is 1.36. The summed E-state index contributed by atoms with van der Waals surface area (Å²) in [5, 5.41) is 3.12. The molecule has 1 aliphatic heterocycles. The fourth-order valence-corrected chi connectivity index (χ4v) is 2.82. The highest BCUT2D eigenvalue weighted by atomic mass is 19.1. The molecule has 0 spiro atoms. The van der Waals surface area contributed by atoms with Gasteiger partial charge < -0.3 is 10.2 Å². The molecule has 1 heterocycles. The molecule has 0 radical (unpaired) electrons. The predicted octanol–water partition coefficient (Wildman–Crippen LogP) is 2.51. The summed E-state index contributed by atoms with van der Waals surface area (Å²) in [6.07, 6.45) is 0.291. The van der Waals surface area contributed by atoms with E-state index in [2.05, 4.69) is 5.32 Å². The number of rotatable bonds is 4. The van der Waals surface area contributed by atoms with Gasteiger partial charge in [0.05, 0.1) is 6.04 Å². The van der Waals surface area contributed by atoms with Crippen molar-refractivity contribution in [2.45, 2.75) is 19.0 Å². The van der Waals surface area contributed by atoms with Crippen LogP contribution in [0.5, 0.6) is 0 Å². The maximum atomic E-state index is 13.8. The molecule has 0 bridgehead atoms. The third-order valence-electron chi connectivity index (χ3n) is 4.08. The van der Waals surface area contributed by atoms with Crippen LogP contribution in [0.15, 0.2) is 48.5 Å². The van der Waals surface area contributed by atoms with Crippen molar-refractivity contribution in [3.8, 4) is 0 Å². The van der Waals surface area contributed by atoms with Crippen LogP contribution in [-0.4, -0.2) is 29.9 Å². The zero-order chi connectivity index (χ0) is 16.2. The third kappa shape index (κ3) is 3.56. The van der Waals surface area contributed by atoms with Gasteiger partial charge in [0.25, 0.3) is 0 Å².